The van der Waals surface area contributed by atoms with Crippen molar-refractivity contribution in [3.63, 3.8) is 0 Å². The van der Waals surface area contributed by atoms with Gasteiger partial charge in [-0.3, -0.25) is 12.1 Å². The van der Waals surface area contributed by atoms with Crippen LogP contribution in [0.2, 0.25) is 0 Å². The van der Waals surface area contributed by atoms with Crippen LogP contribution in [-0.2, 0) is 190 Å². The summed E-state index contributed by atoms with van der Waals surface area (Å²) in [5.74, 6) is 4.12. The smallest absolute Gasteiger partial charge is 0.601 e. The van der Waals surface area contributed by atoms with E-state index in [4.69, 9.17) is 46.3 Å². The van der Waals surface area contributed by atoms with E-state index in [0.29, 0.717) is 58.9 Å². The van der Waals surface area contributed by atoms with Gasteiger partial charge in [-0.1, -0.05) is 279 Å². The van der Waals surface area contributed by atoms with Crippen molar-refractivity contribution in [3.05, 3.63) is 214 Å². The average molecular weight is 2980 g/mol. The van der Waals surface area contributed by atoms with Crippen LogP contribution in [0.1, 0.15) is 255 Å². The van der Waals surface area contributed by atoms with Crippen LogP contribution in [0, 0.1) is 129 Å². The maximum absolute atomic E-state index is 5.35. The second-order valence-electron chi connectivity index (χ2n) is 18.9. The monoisotopic (exact) mass is 2980 g/mol. The molecule has 0 saturated carbocycles. The maximum atomic E-state index is 5.35. The van der Waals surface area contributed by atoms with Crippen LogP contribution < -0.4 is 0 Å². The first-order chi connectivity index (χ1) is 46.3. The number of pyridine rings is 1. The van der Waals surface area contributed by atoms with Crippen molar-refractivity contribution >= 4 is 61.6 Å². The molecule has 0 fully saturated rings. The van der Waals surface area contributed by atoms with Crippen molar-refractivity contribution in [1.82, 2.24) is 4.98 Å². The predicted octanol–water partition coefficient (Wildman–Crippen LogP) is 28.3. The van der Waals surface area contributed by atoms with E-state index in [1.54, 1.807) is 18.3 Å². The molecular formula is C90H145N7W9. The number of para-hydroxylation sites is 2. The van der Waals surface area contributed by atoms with E-state index in [0.717, 1.165) is 22.5 Å². The summed E-state index contributed by atoms with van der Waals surface area (Å²) in [4.78, 5) is 26.3. The summed E-state index contributed by atoms with van der Waals surface area (Å²) in [7, 11) is 0. The van der Waals surface area contributed by atoms with Crippen LogP contribution >= 0.6 is 0 Å². The van der Waals surface area contributed by atoms with Crippen LogP contribution in [0.5, 0.6) is 0 Å². The number of aromatic nitrogens is 1. The Balaban J connectivity index is -0.0000000337. The summed E-state index contributed by atoms with van der Waals surface area (Å²) in [6.45, 7) is 108. The molecule has 0 aliphatic rings. The topological polar surface area (TPSA) is 87.0 Å². The minimum atomic E-state index is 0. The van der Waals surface area contributed by atoms with Gasteiger partial charge in [0.25, 0.3) is 0 Å². The van der Waals surface area contributed by atoms with Gasteiger partial charge in [-0.05, 0) is 0 Å². The molecular weight excluding hydrogens is 2830 g/mol. The summed E-state index contributed by atoms with van der Waals surface area (Å²) in [5, 5.41) is 0. The van der Waals surface area contributed by atoms with E-state index in [9.17, 15) is 0 Å². The summed E-state index contributed by atoms with van der Waals surface area (Å²) in [6, 6.07) is 38.7. The average Bonchev–Trinajstić information content (AvgIpc) is 0.985. The van der Waals surface area contributed by atoms with Crippen LogP contribution in [0.4, 0.5) is 17.2 Å². The Kier molecular flexibility index (Phi) is 255. The van der Waals surface area contributed by atoms with E-state index in [1.165, 1.54) is 24.6 Å². The minimum absolute atomic E-state index is 0. The molecule has 0 N–H and O–H groups in total. The molecule has 106 heavy (non-hydrogen) atoms. The standard InChI is InChI=1S/C11H12.2C10H11N.C9H10N2.2C7H10.3C6H9N.9C2H6.9W/c1-10(2)8-9-11-6-4-3-5-7-11;2*1-9(2)8-11-10-6-4-3-5-7-10;1-8(2)7-11-9-5-3-4-6-10-9;1-5-7(4)6(2)3;1-4-5-6-7(2)3;1-6(2)4-5-7-3;1-5(2)6(3)7-4;1-4-7-5-6(2)3;9*1-2;;;;;;;;;/h3-6,9-10H,1-2H3;2*3-6,9H,1-2H3;3-4,6,8H,1-2H3;1,4-6H,2-3H3;1,4-5,7H,2-3H3;3,5-6H,1-2H3;3-5H,1-2H3;1,4,6H,2-3H3;9*1-2H3;;;;;;;;;/q9*-2;;;;;;;;;;9*+2. The molecule has 3 aromatic carbocycles. The largest absolute Gasteiger partial charge is 2.00 e. The molecule has 0 amide bonds. The Labute approximate surface area is 793 Å². The van der Waals surface area contributed by atoms with E-state index < -0.39 is 0 Å². The predicted molar refractivity (Wildman–Crippen MR) is 446 cm³/mol. The second-order valence-corrected chi connectivity index (χ2v) is 18.9. The zero-order valence-electron chi connectivity index (χ0n) is 72.7. The third kappa shape index (κ3) is 190. The Hall–Kier alpha value is -1.06. The number of nitrogens with zero attached hydrogens (tertiary/aromatic N) is 7. The van der Waals surface area contributed by atoms with Crippen molar-refractivity contribution in [1.29, 1.82) is 0 Å². The number of allylic oxidation sites excluding steroid dienone is 8. The fourth-order valence-corrected chi connectivity index (χ4v) is 3.60. The van der Waals surface area contributed by atoms with Crippen LogP contribution in [0.3, 0.4) is 0 Å². The van der Waals surface area contributed by atoms with Gasteiger partial charge < -0.3 is 146 Å². The van der Waals surface area contributed by atoms with Crippen molar-refractivity contribution in [2.75, 3.05) is 0 Å². The van der Waals surface area contributed by atoms with Gasteiger partial charge in [0.15, 0.2) is 0 Å². The normalized spacial score (nSPS) is 8.46. The van der Waals surface area contributed by atoms with Crippen LogP contribution in [0.15, 0.2) is 163 Å². The molecule has 0 radical (unpaired) electrons. The minimum Gasteiger partial charge on any atom is -0.601 e. The van der Waals surface area contributed by atoms with Gasteiger partial charge in [0.1, 0.15) is 0 Å². The third-order valence-corrected chi connectivity index (χ3v) is 7.61. The molecule has 4 aromatic rings. The number of rotatable bonds is 18. The molecule has 0 atom stereocenters. The Morgan fingerprint density at radius 1 is 0.396 bits per heavy atom. The van der Waals surface area contributed by atoms with Gasteiger partial charge in [0.05, 0.1) is 0 Å². The zero-order valence-corrected chi connectivity index (χ0v) is 99.1. The molecule has 0 saturated heterocycles. The van der Waals surface area contributed by atoms with E-state index >= 15 is 0 Å². The number of aliphatic imine (C=N–C) groups is 6. The summed E-state index contributed by atoms with van der Waals surface area (Å²) in [5.41, 5.74) is 4.05. The van der Waals surface area contributed by atoms with Crippen molar-refractivity contribution in [2.45, 2.75) is 249 Å². The Morgan fingerprint density at radius 2 is 0.736 bits per heavy atom. The first-order valence-electron chi connectivity index (χ1n) is 35.3. The molecule has 594 valence electrons. The van der Waals surface area contributed by atoms with Crippen molar-refractivity contribution in [2.24, 2.45) is 83.2 Å². The fourth-order valence-electron chi connectivity index (χ4n) is 3.60. The molecule has 0 bridgehead atoms. The molecule has 0 spiro atoms. The van der Waals surface area contributed by atoms with E-state index in [1.807, 2.05) is 306 Å². The molecule has 1 heterocycles. The van der Waals surface area contributed by atoms with Crippen molar-refractivity contribution in [3.8, 4) is 0 Å². The van der Waals surface area contributed by atoms with Gasteiger partial charge in [-0.2, -0.15) is 98.8 Å². The Morgan fingerprint density at radius 3 is 0.925 bits per heavy atom. The van der Waals surface area contributed by atoms with Gasteiger partial charge >= 0.3 is 190 Å². The molecule has 7 nitrogen and oxygen atoms in total. The van der Waals surface area contributed by atoms with E-state index in [-0.39, 0.29) is 196 Å². The zero-order chi connectivity index (χ0) is 79.2. The third-order valence-electron chi connectivity index (χ3n) is 7.61. The van der Waals surface area contributed by atoms with Gasteiger partial charge in [0, 0.05) is 0 Å². The molecule has 0 unspecified atom stereocenters. The first-order valence-corrected chi connectivity index (χ1v) is 35.3. The summed E-state index contributed by atoms with van der Waals surface area (Å²) >= 11 is 0. The van der Waals surface area contributed by atoms with Crippen LogP contribution in [0.25, 0.3) is 6.08 Å². The number of hydrogen-bond acceptors (Lipinski definition) is 7. The summed E-state index contributed by atoms with van der Waals surface area (Å²) < 4.78 is 0. The molecule has 0 aliphatic heterocycles. The van der Waals surface area contributed by atoms with Gasteiger partial charge in [-0.25, -0.2) is 41.7 Å². The summed E-state index contributed by atoms with van der Waals surface area (Å²) in [6.07, 6.45) is 31.6. The van der Waals surface area contributed by atoms with Gasteiger partial charge in [-0.15, -0.1) is 35.6 Å². The Bertz CT molecular complexity index is 2030. The van der Waals surface area contributed by atoms with Crippen molar-refractivity contribution < 1.29 is 190 Å². The second kappa shape index (κ2) is 160. The molecule has 1 aromatic heterocycles. The maximum Gasteiger partial charge on any atom is 2.00 e. The molecule has 0 aliphatic carbocycles. The molecule has 16 heteroatoms. The number of benzene rings is 3. The SMILES string of the molecule is CC.CC.CC.CC.CC.CC.CC.CC.CC.CC(C)[C-]=Cc1[c-]cccc1.CC(C)[C-]=Nc1[c-]cccc1.CC(C)[C-]=Nc1[c-]cccc1.CC(C)[C-]=Nc1[c-]cccn1.[CH-]=CC(=[CH-])C(C)C.[CH-]=CC=[C-]C(C)C.[CH-]=CN=[C-]C(C)C.[CH-]=NC(=[CH-])C(C)C.[CH-]=NC=[C-]C(C)C.[W+2].[W+2].[W+2].[W+2].[W+2].[W+2].[W+2].[W+2].[W+2]. The van der Waals surface area contributed by atoms with Crippen LogP contribution in [-0.4, -0.2) is 43.3 Å². The first kappa shape index (κ1) is 169. The quantitative estimate of drug-likeness (QED) is 0.0555. The van der Waals surface area contributed by atoms with E-state index in [2.05, 4.69) is 130 Å². The van der Waals surface area contributed by atoms with Gasteiger partial charge in [0.2, 0.25) is 0 Å². The fraction of sp³-hybridized carbons (Fsp3) is 0.500. The number of hydrogen-bond donors (Lipinski definition) is 0. The molecule has 4 rings (SSSR count).